The molecule has 1 N–H and O–H groups in total. The summed E-state index contributed by atoms with van der Waals surface area (Å²) in [6.07, 6.45) is 4.27. The quantitative estimate of drug-likeness (QED) is 0.409. The van der Waals surface area contributed by atoms with Crippen LogP contribution in [-0.4, -0.2) is 34.8 Å². The van der Waals surface area contributed by atoms with E-state index >= 15 is 0 Å². The largest absolute Gasteiger partial charge is 0.373 e. The molecule has 2 unspecified atom stereocenters. The number of rotatable bonds is 7. The zero-order chi connectivity index (χ0) is 20.9. The molecule has 1 fully saturated rings. The number of hydrogen-bond acceptors (Lipinski definition) is 6. The second-order valence-electron chi connectivity index (χ2n) is 7.65. The molecule has 30 heavy (non-hydrogen) atoms. The van der Waals surface area contributed by atoms with Gasteiger partial charge in [0, 0.05) is 41.5 Å². The predicted molar refractivity (Wildman–Crippen MR) is 123 cm³/mol. The number of thiophene rings is 1. The minimum absolute atomic E-state index is 0.0636. The van der Waals surface area contributed by atoms with E-state index in [0.717, 1.165) is 34.7 Å². The molecule has 2 aromatic heterocycles. The summed E-state index contributed by atoms with van der Waals surface area (Å²) >= 11 is 3.33. The van der Waals surface area contributed by atoms with Crippen molar-refractivity contribution < 1.29 is 9.53 Å². The normalized spacial score (nSPS) is 19.1. The molecule has 158 valence electrons. The first-order chi connectivity index (χ1) is 14.6. The number of thioether (sulfide) groups is 1. The molecule has 1 amide bonds. The van der Waals surface area contributed by atoms with Gasteiger partial charge in [-0.3, -0.25) is 4.79 Å². The van der Waals surface area contributed by atoms with Gasteiger partial charge in [-0.25, -0.2) is 9.97 Å². The van der Waals surface area contributed by atoms with Crippen LogP contribution in [0.1, 0.15) is 41.4 Å². The van der Waals surface area contributed by atoms with Crippen molar-refractivity contribution in [3.05, 3.63) is 52.7 Å². The van der Waals surface area contributed by atoms with Crippen LogP contribution in [0.4, 0.5) is 0 Å². The van der Waals surface area contributed by atoms with Gasteiger partial charge in [-0.1, -0.05) is 30.3 Å². The van der Waals surface area contributed by atoms with Crippen LogP contribution in [0.3, 0.4) is 0 Å². The number of nitrogens with zero attached hydrogens (tertiary/aromatic N) is 2. The van der Waals surface area contributed by atoms with Crippen molar-refractivity contribution in [3.63, 3.8) is 0 Å². The lowest BCUT2D eigenvalue weighted by Crippen LogP contribution is -2.35. The molecule has 1 saturated heterocycles. The predicted octanol–water partition coefficient (Wildman–Crippen LogP) is 5.07. The molecule has 5 nitrogen and oxygen atoms in total. The number of fused-ring (bicyclic) bond motifs is 1. The van der Waals surface area contributed by atoms with Crippen LogP contribution in [0.5, 0.6) is 0 Å². The third kappa shape index (κ3) is 4.85. The van der Waals surface area contributed by atoms with Gasteiger partial charge in [-0.15, -0.1) is 23.1 Å². The molecule has 1 aliphatic heterocycles. The molecule has 4 rings (SSSR count). The van der Waals surface area contributed by atoms with E-state index in [2.05, 4.69) is 41.3 Å². The SMILES string of the molecule is Cc1sc2ncnc(SCCC(=O)NCC3CCCOC3c3ccccc3)c2c1C. The molecule has 3 aromatic rings. The first-order valence-electron chi connectivity index (χ1n) is 10.4. The summed E-state index contributed by atoms with van der Waals surface area (Å²) in [5.74, 6) is 1.11. The minimum atomic E-state index is 0.0636. The summed E-state index contributed by atoms with van der Waals surface area (Å²) in [5, 5.41) is 5.23. The maximum atomic E-state index is 12.5. The van der Waals surface area contributed by atoms with Crippen LogP contribution in [0.15, 0.2) is 41.7 Å². The Morgan fingerprint density at radius 3 is 2.93 bits per heavy atom. The van der Waals surface area contributed by atoms with E-state index in [-0.39, 0.29) is 12.0 Å². The Morgan fingerprint density at radius 2 is 2.10 bits per heavy atom. The second kappa shape index (κ2) is 9.90. The molecule has 0 aliphatic carbocycles. The molecule has 1 aliphatic rings. The fourth-order valence-electron chi connectivity index (χ4n) is 3.90. The van der Waals surface area contributed by atoms with E-state index in [4.69, 9.17) is 4.74 Å². The van der Waals surface area contributed by atoms with E-state index in [0.29, 0.717) is 24.6 Å². The molecule has 2 atom stereocenters. The van der Waals surface area contributed by atoms with Crippen molar-refractivity contribution in [2.24, 2.45) is 5.92 Å². The van der Waals surface area contributed by atoms with E-state index in [1.54, 1.807) is 29.4 Å². The summed E-state index contributed by atoms with van der Waals surface area (Å²) in [6.45, 7) is 5.67. The molecular weight excluding hydrogens is 414 g/mol. The number of hydrogen-bond donors (Lipinski definition) is 1. The van der Waals surface area contributed by atoms with Crippen LogP contribution in [0.2, 0.25) is 0 Å². The van der Waals surface area contributed by atoms with Gasteiger partial charge in [0.15, 0.2) is 0 Å². The number of nitrogens with one attached hydrogen (secondary N) is 1. The number of aromatic nitrogens is 2. The Morgan fingerprint density at radius 1 is 1.27 bits per heavy atom. The highest BCUT2D eigenvalue weighted by Crippen LogP contribution is 2.35. The average molecular weight is 442 g/mol. The highest BCUT2D eigenvalue weighted by Gasteiger charge is 2.27. The van der Waals surface area contributed by atoms with Gasteiger partial charge in [0.1, 0.15) is 16.2 Å². The fraction of sp³-hybridized carbons (Fsp3) is 0.435. The van der Waals surface area contributed by atoms with Gasteiger partial charge in [0.25, 0.3) is 0 Å². The Hall–Kier alpha value is -1.96. The minimum Gasteiger partial charge on any atom is -0.373 e. The summed E-state index contributed by atoms with van der Waals surface area (Å²) in [7, 11) is 0. The molecule has 0 saturated carbocycles. The lowest BCUT2D eigenvalue weighted by Gasteiger charge is -2.32. The van der Waals surface area contributed by atoms with Crippen LogP contribution in [0.25, 0.3) is 10.2 Å². The zero-order valence-electron chi connectivity index (χ0n) is 17.4. The van der Waals surface area contributed by atoms with Gasteiger partial charge >= 0.3 is 0 Å². The topological polar surface area (TPSA) is 64.1 Å². The standard InChI is InChI=1S/C23H27N3O2S2/c1-15-16(2)30-23-20(15)22(25-14-26-23)29-12-10-19(27)24-13-18-9-6-11-28-21(18)17-7-4-3-5-8-17/h3-5,7-8,14,18,21H,6,9-13H2,1-2H3,(H,24,27). The van der Waals surface area contributed by atoms with Crippen molar-refractivity contribution in [2.45, 2.75) is 44.2 Å². The van der Waals surface area contributed by atoms with Crippen molar-refractivity contribution in [2.75, 3.05) is 18.9 Å². The van der Waals surface area contributed by atoms with Gasteiger partial charge < -0.3 is 10.1 Å². The van der Waals surface area contributed by atoms with Crippen LogP contribution >= 0.6 is 23.1 Å². The van der Waals surface area contributed by atoms with Crippen molar-refractivity contribution in [1.29, 1.82) is 0 Å². The highest BCUT2D eigenvalue weighted by molar-refractivity contribution is 7.99. The lowest BCUT2D eigenvalue weighted by atomic mass is 9.89. The summed E-state index contributed by atoms with van der Waals surface area (Å²) in [4.78, 5) is 23.6. The molecule has 0 radical (unpaired) electrons. The van der Waals surface area contributed by atoms with Crippen molar-refractivity contribution in [3.8, 4) is 0 Å². The number of aryl methyl sites for hydroxylation is 2. The Kier molecular flexibility index (Phi) is 7.02. The molecule has 0 spiro atoms. The Balaban J connectivity index is 1.29. The molecule has 3 heterocycles. The van der Waals surface area contributed by atoms with Crippen LogP contribution < -0.4 is 5.32 Å². The monoisotopic (exact) mass is 441 g/mol. The van der Waals surface area contributed by atoms with E-state index < -0.39 is 0 Å². The fourth-order valence-corrected chi connectivity index (χ4v) is 5.95. The summed E-state index contributed by atoms with van der Waals surface area (Å²) in [5.41, 5.74) is 2.44. The van der Waals surface area contributed by atoms with Gasteiger partial charge in [-0.2, -0.15) is 0 Å². The summed E-state index contributed by atoms with van der Waals surface area (Å²) in [6, 6.07) is 10.3. The van der Waals surface area contributed by atoms with E-state index in [1.807, 2.05) is 18.2 Å². The van der Waals surface area contributed by atoms with Gasteiger partial charge in [-0.05, 0) is 37.8 Å². The zero-order valence-corrected chi connectivity index (χ0v) is 19.0. The number of amides is 1. The van der Waals surface area contributed by atoms with Crippen molar-refractivity contribution >= 4 is 39.2 Å². The second-order valence-corrected chi connectivity index (χ2v) is 9.94. The molecular formula is C23H27N3O2S2. The average Bonchev–Trinajstić information content (AvgIpc) is 3.07. The highest BCUT2D eigenvalue weighted by atomic mass is 32.2. The van der Waals surface area contributed by atoms with E-state index in [1.165, 1.54) is 16.0 Å². The van der Waals surface area contributed by atoms with Gasteiger partial charge in [0.2, 0.25) is 5.91 Å². The number of carbonyl (C=O) groups excluding carboxylic acids is 1. The Labute approximate surface area is 185 Å². The Bertz CT molecular complexity index is 1010. The summed E-state index contributed by atoms with van der Waals surface area (Å²) < 4.78 is 6.03. The van der Waals surface area contributed by atoms with Crippen LogP contribution in [-0.2, 0) is 9.53 Å². The van der Waals surface area contributed by atoms with Crippen LogP contribution in [0, 0.1) is 19.8 Å². The number of ether oxygens (including phenoxy) is 1. The number of benzene rings is 1. The lowest BCUT2D eigenvalue weighted by molar-refractivity contribution is -0.121. The molecule has 0 bridgehead atoms. The number of carbonyl (C=O) groups is 1. The smallest absolute Gasteiger partial charge is 0.220 e. The van der Waals surface area contributed by atoms with Crippen molar-refractivity contribution in [1.82, 2.24) is 15.3 Å². The molecule has 7 heteroatoms. The maximum Gasteiger partial charge on any atom is 0.220 e. The third-order valence-electron chi connectivity index (χ3n) is 5.63. The first kappa shape index (κ1) is 21.3. The van der Waals surface area contributed by atoms with Gasteiger partial charge in [0.05, 0.1) is 6.10 Å². The molecule has 1 aromatic carbocycles. The third-order valence-corrected chi connectivity index (χ3v) is 7.74. The van der Waals surface area contributed by atoms with E-state index in [9.17, 15) is 4.79 Å². The first-order valence-corrected chi connectivity index (χ1v) is 12.2. The maximum absolute atomic E-state index is 12.5.